The molecule has 0 aliphatic carbocycles. The summed E-state index contributed by atoms with van der Waals surface area (Å²) < 4.78 is 15.6. The van der Waals surface area contributed by atoms with Gasteiger partial charge in [-0.3, -0.25) is 18.9 Å². The van der Waals surface area contributed by atoms with Gasteiger partial charge in [0.1, 0.15) is 6.54 Å². The van der Waals surface area contributed by atoms with E-state index in [0.29, 0.717) is 22.7 Å². The van der Waals surface area contributed by atoms with Crippen LogP contribution in [0.2, 0.25) is 5.02 Å². The van der Waals surface area contributed by atoms with Gasteiger partial charge in [-0.1, -0.05) is 28.7 Å². The average Bonchev–Trinajstić information content (AvgIpc) is 3.18. The largest absolute Gasteiger partial charge is 0.355 e. The number of nitrogen functional groups attached to an aromatic ring is 1. The lowest BCUT2D eigenvalue weighted by atomic mass is 10.2. The Morgan fingerprint density at radius 1 is 1.33 bits per heavy atom. The first-order chi connectivity index (χ1) is 14.2. The topological polar surface area (TPSA) is 138 Å². The van der Waals surface area contributed by atoms with Crippen LogP contribution in [0.1, 0.15) is 4.88 Å². The molecule has 0 amide bonds. The highest BCUT2D eigenvalue weighted by molar-refractivity contribution is 7.51. The molecule has 0 aliphatic rings. The Kier molecular flexibility index (Phi) is 5.52. The highest BCUT2D eigenvalue weighted by Crippen LogP contribution is 2.33. The van der Waals surface area contributed by atoms with Gasteiger partial charge in [0, 0.05) is 14.6 Å². The maximum absolute atomic E-state index is 12.6. The number of rotatable bonds is 6. The maximum Gasteiger partial charge on any atom is 0.329 e. The number of hydrogen-bond acceptors (Lipinski definition) is 5. The molecule has 0 radical (unpaired) electrons. The van der Waals surface area contributed by atoms with Gasteiger partial charge in [-0.05, 0) is 29.7 Å². The molecule has 4 aromatic rings. The Bertz CT molecular complexity index is 1390. The van der Waals surface area contributed by atoms with Crippen molar-refractivity contribution in [3.8, 4) is 0 Å². The number of thiophene rings is 1. The Morgan fingerprint density at radius 2 is 2.13 bits per heavy atom. The van der Waals surface area contributed by atoms with Crippen LogP contribution in [0.3, 0.4) is 0 Å². The number of aromatic amines is 1. The van der Waals surface area contributed by atoms with E-state index in [2.05, 4.69) is 9.97 Å². The standard InChI is InChI=1S/C18H17ClN5O4PS/c19-12-3-4-14-11(7-12)8-13(30-14)9-24-10-23(5-1-2-6-29(26,27)28)16-15(24)17(25)22-18(20)21-16/h1-4,7-8,10H,5-6,9H2,(H4-,20,21,22,25,26,27,28)/p+1/b2-1-. The summed E-state index contributed by atoms with van der Waals surface area (Å²) in [6, 6.07) is 7.72. The van der Waals surface area contributed by atoms with Gasteiger partial charge in [-0.15, -0.1) is 11.3 Å². The van der Waals surface area contributed by atoms with E-state index in [1.807, 2.05) is 24.3 Å². The van der Waals surface area contributed by atoms with Crippen LogP contribution in [0.4, 0.5) is 5.95 Å². The highest BCUT2D eigenvalue weighted by atomic mass is 35.5. The highest BCUT2D eigenvalue weighted by Gasteiger charge is 2.21. The molecule has 12 heteroatoms. The number of nitrogens with two attached hydrogens (primary N) is 1. The summed E-state index contributed by atoms with van der Waals surface area (Å²) in [7, 11) is -4.11. The molecular formula is C18H18ClN5O4PS+. The molecule has 0 atom stereocenters. The summed E-state index contributed by atoms with van der Waals surface area (Å²) >= 11 is 7.67. The molecule has 30 heavy (non-hydrogen) atoms. The molecular weight excluding hydrogens is 449 g/mol. The zero-order valence-electron chi connectivity index (χ0n) is 15.5. The first-order valence-corrected chi connectivity index (χ1v) is 11.8. The van der Waals surface area contributed by atoms with E-state index in [1.54, 1.807) is 32.9 Å². The quantitative estimate of drug-likeness (QED) is 0.195. The molecule has 0 unspecified atom stereocenters. The monoisotopic (exact) mass is 466 g/mol. The van der Waals surface area contributed by atoms with Crippen LogP contribution in [0.15, 0.2) is 47.5 Å². The number of fused-ring (bicyclic) bond motifs is 2. The lowest BCUT2D eigenvalue weighted by Crippen LogP contribution is -2.32. The molecule has 3 heterocycles. The van der Waals surface area contributed by atoms with E-state index < -0.39 is 7.60 Å². The third-order valence-electron chi connectivity index (χ3n) is 4.40. The van der Waals surface area contributed by atoms with Crippen molar-refractivity contribution in [1.29, 1.82) is 0 Å². The molecule has 5 N–H and O–H groups in total. The molecule has 4 rings (SSSR count). The molecule has 9 nitrogen and oxygen atoms in total. The third-order valence-corrected chi connectivity index (χ3v) is 6.42. The molecule has 0 spiro atoms. The number of anilines is 1. The van der Waals surface area contributed by atoms with Crippen LogP contribution in [0.5, 0.6) is 0 Å². The van der Waals surface area contributed by atoms with Crippen molar-refractivity contribution < 1.29 is 18.9 Å². The van der Waals surface area contributed by atoms with Gasteiger partial charge in [0.15, 0.2) is 6.33 Å². The minimum atomic E-state index is -4.11. The van der Waals surface area contributed by atoms with E-state index in [1.165, 1.54) is 6.08 Å². The Labute approximate surface area is 179 Å². The number of benzene rings is 1. The number of hydrogen-bond donors (Lipinski definition) is 4. The summed E-state index contributed by atoms with van der Waals surface area (Å²) in [6.07, 6.45) is 4.41. The van der Waals surface area contributed by atoms with Crippen molar-refractivity contribution in [3.63, 3.8) is 0 Å². The Morgan fingerprint density at radius 3 is 2.90 bits per heavy atom. The zero-order chi connectivity index (χ0) is 21.5. The minimum Gasteiger partial charge on any atom is -0.355 e. The van der Waals surface area contributed by atoms with E-state index in [-0.39, 0.29) is 24.2 Å². The number of halogens is 1. The number of nitrogens with one attached hydrogen (secondary N) is 1. The summed E-state index contributed by atoms with van der Waals surface area (Å²) in [5.41, 5.74) is 6.10. The predicted molar refractivity (Wildman–Crippen MR) is 117 cm³/mol. The van der Waals surface area contributed by atoms with Crippen LogP contribution >= 0.6 is 30.5 Å². The van der Waals surface area contributed by atoms with Crippen molar-refractivity contribution in [3.05, 3.63) is 63.0 Å². The van der Waals surface area contributed by atoms with Gasteiger partial charge in [0.25, 0.3) is 11.5 Å². The summed E-state index contributed by atoms with van der Waals surface area (Å²) in [4.78, 5) is 38.3. The number of allylic oxidation sites excluding steroid dienone is 2. The van der Waals surface area contributed by atoms with Gasteiger partial charge in [-0.2, -0.15) is 0 Å². The van der Waals surface area contributed by atoms with Crippen LogP contribution in [-0.4, -0.2) is 30.5 Å². The van der Waals surface area contributed by atoms with Crippen molar-refractivity contribution in [2.24, 2.45) is 0 Å². The fourth-order valence-electron chi connectivity index (χ4n) is 3.18. The van der Waals surface area contributed by atoms with E-state index in [9.17, 15) is 9.36 Å². The van der Waals surface area contributed by atoms with Crippen LogP contribution in [-0.2, 0) is 17.7 Å². The lowest BCUT2D eigenvalue weighted by molar-refractivity contribution is -0.663. The first kappa shape index (κ1) is 20.8. The first-order valence-electron chi connectivity index (χ1n) is 8.85. The maximum atomic E-state index is 12.6. The molecule has 0 fully saturated rings. The van der Waals surface area contributed by atoms with Gasteiger partial charge < -0.3 is 15.5 Å². The van der Waals surface area contributed by atoms with Gasteiger partial charge in [-0.25, -0.2) is 4.57 Å². The molecule has 0 saturated heterocycles. The summed E-state index contributed by atoms with van der Waals surface area (Å²) in [5.74, 6) is -0.00491. The van der Waals surface area contributed by atoms with Crippen molar-refractivity contribution in [1.82, 2.24) is 14.5 Å². The number of aromatic nitrogens is 4. The van der Waals surface area contributed by atoms with Crippen LogP contribution < -0.4 is 15.9 Å². The van der Waals surface area contributed by atoms with Gasteiger partial charge >= 0.3 is 13.2 Å². The van der Waals surface area contributed by atoms with E-state index in [0.717, 1.165) is 15.0 Å². The summed E-state index contributed by atoms with van der Waals surface area (Å²) in [5, 5.41) is 1.69. The molecule has 0 bridgehead atoms. The molecule has 1 aromatic carbocycles. The molecule has 0 aliphatic heterocycles. The molecule has 156 valence electrons. The van der Waals surface area contributed by atoms with Gasteiger partial charge in [0.05, 0.1) is 12.7 Å². The van der Waals surface area contributed by atoms with Crippen molar-refractivity contribution in [2.75, 3.05) is 11.9 Å². The van der Waals surface area contributed by atoms with Crippen molar-refractivity contribution in [2.45, 2.75) is 13.1 Å². The lowest BCUT2D eigenvalue weighted by Gasteiger charge is -1.97. The summed E-state index contributed by atoms with van der Waals surface area (Å²) in [6.45, 7) is 0.725. The predicted octanol–water partition coefficient (Wildman–Crippen LogP) is 2.24. The second-order valence-electron chi connectivity index (χ2n) is 6.73. The normalized spacial score (nSPS) is 12.5. The van der Waals surface area contributed by atoms with Gasteiger partial charge in [0.2, 0.25) is 5.52 Å². The zero-order valence-corrected chi connectivity index (χ0v) is 18.0. The Hall–Kier alpha value is -2.49. The average molecular weight is 467 g/mol. The smallest absolute Gasteiger partial charge is 0.329 e. The van der Waals surface area contributed by atoms with E-state index in [4.69, 9.17) is 27.1 Å². The number of imidazole rings is 1. The van der Waals surface area contributed by atoms with Crippen LogP contribution in [0, 0.1) is 0 Å². The molecule has 0 saturated carbocycles. The second kappa shape index (κ2) is 7.98. The van der Waals surface area contributed by atoms with Crippen molar-refractivity contribution >= 4 is 57.7 Å². The van der Waals surface area contributed by atoms with Crippen LogP contribution in [0.25, 0.3) is 21.3 Å². The fraction of sp³-hybridized carbons (Fsp3) is 0.167. The number of nitrogens with zero attached hydrogens (tertiary/aromatic N) is 3. The van der Waals surface area contributed by atoms with E-state index >= 15 is 0 Å². The number of H-pyrrole nitrogens is 1. The molecule has 3 aromatic heterocycles. The SMILES string of the molecule is Nc1nc2c(c(=O)[nH]1)n(Cc1cc3cc(Cl)ccc3s1)c[n+]2C/C=C\CP(=O)(O)O. The minimum absolute atomic E-state index is 0.00491. The Balaban J connectivity index is 1.71. The fourth-order valence-corrected chi connectivity index (χ4v) is 4.83. The second-order valence-corrected chi connectivity index (χ2v) is 10.0. The third kappa shape index (κ3) is 4.48.